The number of benzene rings is 2. The molecule has 3 rings (SSSR count). The Morgan fingerprint density at radius 2 is 1.81 bits per heavy atom. The first-order valence-electron chi connectivity index (χ1n) is 9.23. The van der Waals surface area contributed by atoms with Crippen LogP contribution in [0, 0.1) is 0 Å². The quantitative estimate of drug-likeness (QED) is 0.767. The molecule has 0 radical (unpaired) electrons. The second-order valence-corrected chi connectivity index (χ2v) is 7.03. The number of hydrogen-bond donors (Lipinski definition) is 1. The second-order valence-electron chi connectivity index (χ2n) is 6.62. The third-order valence-corrected chi connectivity index (χ3v) is 5.14. The Morgan fingerprint density at radius 3 is 2.52 bits per heavy atom. The average Bonchev–Trinajstić information content (AvgIpc) is 2.71. The number of nitrogens with one attached hydrogen (secondary N) is 1. The maximum Gasteiger partial charge on any atom is 0.244 e. The summed E-state index contributed by atoms with van der Waals surface area (Å²) in [6.45, 7) is 5.49. The number of allylic oxidation sites excluding steroid dienone is 1. The smallest absolute Gasteiger partial charge is 0.244 e. The van der Waals surface area contributed by atoms with E-state index >= 15 is 0 Å². The van der Waals surface area contributed by atoms with Crippen molar-refractivity contribution in [1.29, 1.82) is 0 Å². The van der Waals surface area contributed by atoms with E-state index in [0.29, 0.717) is 19.8 Å². The van der Waals surface area contributed by atoms with Gasteiger partial charge in [-0.3, -0.25) is 9.69 Å². The molecule has 0 bridgehead atoms. The van der Waals surface area contributed by atoms with Crippen molar-refractivity contribution in [1.82, 2.24) is 10.2 Å². The van der Waals surface area contributed by atoms with E-state index in [0.717, 1.165) is 34.8 Å². The van der Waals surface area contributed by atoms with E-state index in [1.54, 1.807) is 6.08 Å². The number of halogens is 1. The van der Waals surface area contributed by atoms with E-state index in [4.69, 9.17) is 16.3 Å². The molecule has 5 heteroatoms. The molecule has 2 aromatic carbocycles. The number of rotatable bonds is 6. The largest absolute Gasteiger partial charge is 0.379 e. The van der Waals surface area contributed by atoms with Crippen LogP contribution in [0.5, 0.6) is 0 Å². The van der Waals surface area contributed by atoms with Crippen LogP contribution >= 0.6 is 11.6 Å². The fourth-order valence-electron chi connectivity index (χ4n) is 3.30. The molecule has 1 aliphatic rings. The van der Waals surface area contributed by atoms with Crippen LogP contribution in [0.1, 0.15) is 24.1 Å². The Balaban J connectivity index is 1.71. The Kier molecular flexibility index (Phi) is 7.04. The van der Waals surface area contributed by atoms with Crippen LogP contribution in [0.2, 0.25) is 5.02 Å². The molecule has 4 nitrogen and oxygen atoms in total. The molecule has 1 heterocycles. The molecule has 0 saturated carbocycles. The predicted octanol–water partition coefficient (Wildman–Crippen LogP) is 3.93. The summed E-state index contributed by atoms with van der Waals surface area (Å²) in [5.74, 6) is -0.0957. The van der Waals surface area contributed by atoms with E-state index in [2.05, 4.69) is 10.2 Å². The van der Waals surface area contributed by atoms with Gasteiger partial charge in [-0.15, -0.1) is 0 Å². The highest BCUT2D eigenvalue weighted by Crippen LogP contribution is 2.27. The highest BCUT2D eigenvalue weighted by Gasteiger charge is 2.24. The van der Waals surface area contributed by atoms with Gasteiger partial charge in [0.15, 0.2) is 0 Å². The van der Waals surface area contributed by atoms with Gasteiger partial charge in [0.1, 0.15) is 0 Å². The van der Waals surface area contributed by atoms with Crippen LogP contribution in [0.15, 0.2) is 60.7 Å². The SMILES string of the molecule is CC(=CC(=O)NCC(c1ccccc1Cl)N1CCOCC1)c1ccccc1. The standard InChI is InChI=1S/C22H25ClN2O2/c1-17(18-7-3-2-4-8-18)15-22(26)24-16-21(25-11-13-27-14-12-25)19-9-5-6-10-20(19)23/h2-10,15,21H,11-14,16H2,1H3,(H,24,26). The van der Waals surface area contributed by atoms with Crippen LogP contribution in [-0.2, 0) is 9.53 Å². The first kappa shape index (κ1) is 19.6. The molecule has 2 aromatic rings. The maximum atomic E-state index is 12.5. The van der Waals surface area contributed by atoms with Gasteiger partial charge in [-0.2, -0.15) is 0 Å². The summed E-state index contributed by atoms with van der Waals surface area (Å²) in [7, 11) is 0. The van der Waals surface area contributed by atoms with Crippen molar-refractivity contribution in [2.45, 2.75) is 13.0 Å². The fourth-order valence-corrected chi connectivity index (χ4v) is 3.56. The fraction of sp³-hybridized carbons (Fsp3) is 0.318. The molecule has 1 aliphatic heterocycles. The van der Waals surface area contributed by atoms with Gasteiger partial charge in [0, 0.05) is 30.7 Å². The maximum absolute atomic E-state index is 12.5. The van der Waals surface area contributed by atoms with Gasteiger partial charge < -0.3 is 10.1 Å². The minimum Gasteiger partial charge on any atom is -0.379 e. The molecule has 0 aliphatic carbocycles. The second kappa shape index (κ2) is 9.70. The molecule has 0 spiro atoms. The molecule has 27 heavy (non-hydrogen) atoms. The lowest BCUT2D eigenvalue weighted by Crippen LogP contribution is -2.43. The molecule has 1 amide bonds. The number of carbonyl (C=O) groups excluding carboxylic acids is 1. The zero-order chi connectivity index (χ0) is 19.1. The Morgan fingerprint density at radius 1 is 1.15 bits per heavy atom. The summed E-state index contributed by atoms with van der Waals surface area (Å²) in [6, 6.07) is 17.8. The van der Waals surface area contributed by atoms with E-state index in [-0.39, 0.29) is 11.9 Å². The van der Waals surface area contributed by atoms with Crippen molar-refractivity contribution in [3.63, 3.8) is 0 Å². The molecule has 1 saturated heterocycles. The lowest BCUT2D eigenvalue weighted by molar-refractivity contribution is -0.116. The van der Waals surface area contributed by atoms with Crippen molar-refractivity contribution >= 4 is 23.1 Å². The van der Waals surface area contributed by atoms with Gasteiger partial charge in [-0.05, 0) is 29.7 Å². The molecular weight excluding hydrogens is 360 g/mol. The molecule has 1 N–H and O–H groups in total. The molecule has 1 atom stereocenters. The van der Waals surface area contributed by atoms with Crippen LogP contribution in [0.3, 0.4) is 0 Å². The highest BCUT2D eigenvalue weighted by atomic mass is 35.5. The third kappa shape index (κ3) is 5.42. The number of morpholine rings is 1. The van der Waals surface area contributed by atoms with Gasteiger partial charge in [0.25, 0.3) is 0 Å². The molecule has 1 fully saturated rings. The summed E-state index contributed by atoms with van der Waals surface area (Å²) in [5, 5.41) is 3.77. The van der Waals surface area contributed by atoms with E-state index in [9.17, 15) is 4.79 Å². The summed E-state index contributed by atoms with van der Waals surface area (Å²) in [4.78, 5) is 14.8. The van der Waals surface area contributed by atoms with Crippen molar-refractivity contribution in [3.05, 3.63) is 76.8 Å². The van der Waals surface area contributed by atoms with Gasteiger partial charge in [-0.1, -0.05) is 60.1 Å². The highest BCUT2D eigenvalue weighted by molar-refractivity contribution is 6.31. The topological polar surface area (TPSA) is 41.6 Å². The van der Waals surface area contributed by atoms with Gasteiger partial charge in [0.05, 0.1) is 19.3 Å². The first-order valence-corrected chi connectivity index (χ1v) is 9.60. The number of carbonyl (C=O) groups is 1. The number of nitrogens with zero attached hydrogens (tertiary/aromatic N) is 1. The third-order valence-electron chi connectivity index (χ3n) is 4.80. The predicted molar refractivity (Wildman–Crippen MR) is 110 cm³/mol. The summed E-state index contributed by atoms with van der Waals surface area (Å²) in [5.41, 5.74) is 3.02. The van der Waals surface area contributed by atoms with Crippen LogP contribution in [0.4, 0.5) is 0 Å². The number of hydrogen-bond acceptors (Lipinski definition) is 3. The van der Waals surface area contributed by atoms with E-state index in [1.165, 1.54) is 0 Å². The van der Waals surface area contributed by atoms with Crippen LogP contribution in [0.25, 0.3) is 5.57 Å². The molecule has 142 valence electrons. The lowest BCUT2D eigenvalue weighted by atomic mass is 10.0. The molecule has 1 unspecified atom stereocenters. The molecule has 0 aromatic heterocycles. The minimum atomic E-state index is -0.0957. The first-order chi connectivity index (χ1) is 13.1. The van der Waals surface area contributed by atoms with Gasteiger partial charge in [-0.25, -0.2) is 0 Å². The van der Waals surface area contributed by atoms with Crippen LogP contribution in [-0.4, -0.2) is 43.7 Å². The monoisotopic (exact) mass is 384 g/mol. The van der Waals surface area contributed by atoms with E-state index < -0.39 is 0 Å². The minimum absolute atomic E-state index is 0.0250. The summed E-state index contributed by atoms with van der Waals surface area (Å²) in [6.07, 6.45) is 1.65. The molecular formula is C22H25ClN2O2. The lowest BCUT2D eigenvalue weighted by Gasteiger charge is -2.35. The Hall–Kier alpha value is -2.14. The van der Waals surface area contributed by atoms with Gasteiger partial charge in [0.2, 0.25) is 5.91 Å². The van der Waals surface area contributed by atoms with Crippen molar-refractivity contribution in [2.24, 2.45) is 0 Å². The average molecular weight is 385 g/mol. The Bertz CT molecular complexity index is 786. The summed E-state index contributed by atoms with van der Waals surface area (Å²) >= 11 is 6.44. The van der Waals surface area contributed by atoms with Gasteiger partial charge >= 0.3 is 0 Å². The number of amides is 1. The van der Waals surface area contributed by atoms with Crippen molar-refractivity contribution in [2.75, 3.05) is 32.8 Å². The summed E-state index contributed by atoms with van der Waals surface area (Å²) < 4.78 is 5.47. The number of ether oxygens (including phenoxy) is 1. The Labute approximate surface area is 165 Å². The zero-order valence-corrected chi connectivity index (χ0v) is 16.3. The van der Waals surface area contributed by atoms with Crippen molar-refractivity contribution in [3.8, 4) is 0 Å². The zero-order valence-electron chi connectivity index (χ0n) is 15.5. The van der Waals surface area contributed by atoms with Crippen LogP contribution < -0.4 is 5.32 Å². The van der Waals surface area contributed by atoms with Crippen molar-refractivity contribution < 1.29 is 9.53 Å². The van der Waals surface area contributed by atoms with E-state index in [1.807, 2.05) is 61.5 Å². The normalized spacial score (nSPS) is 16.7.